The summed E-state index contributed by atoms with van der Waals surface area (Å²) in [7, 11) is 0. The van der Waals surface area contributed by atoms with E-state index in [1.165, 1.54) is 6.07 Å². The highest BCUT2D eigenvalue weighted by Crippen LogP contribution is 2.28. The van der Waals surface area contributed by atoms with Crippen molar-refractivity contribution in [1.82, 2.24) is 5.32 Å². The topological polar surface area (TPSA) is 30.5 Å². The Bertz CT molecular complexity index is 423. The molecule has 1 aromatic rings. The van der Waals surface area contributed by atoms with Crippen molar-refractivity contribution in [3.63, 3.8) is 0 Å². The summed E-state index contributed by atoms with van der Waals surface area (Å²) in [6.45, 7) is 7.63. The third-order valence-corrected chi connectivity index (χ3v) is 3.23. The van der Waals surface area contributed by atoms with Crippen molar-refractivity contribution in [3.05, 3.63) is 29.6 Å². The van der Waals surface area contributed by atoms with Gasteiger partial charge in [-0.2, -0.15) is 0 Å². The lowest BCUT2D eigenvalue weighted by atomic mass is 10.1. The lowest BCUT2D eigenvalue weighted by molar-refractivity contribution is 0.107. The molecule has 1 atom stereocenters. The molecule has 3 nitrogen and oxygen atoms in total. The quantitative estimate of drug-likeness (QED) is 0.743. The Labute approximate surface area is 120 Å². The van der Waals surface area contributed by atoms with Crippen molar-refractivity contribution < 1.29 is 13.9 Å². The Hall–Kier alpha value is -1.13. The second-order valence-electron chi connectivity index (χ2n) is 5.72. The SMILES string of the molecule is CC(C)COCCCNCC1Cc2cc(F)ccc2O1. The van der Waals surface area contributed by atoms with Crippen molar-refractivity contribution >= 4 is 0 Å². The Kier molecular flexibility index (Phi) is 5.80. The maximum Gasteiger partial charge on any atom is 0.123 e. The molecule has 0 spiro atoms. The number of fused-ring (bicyclic) bond motifs is 1. The van der Waals surface area contributed by atoms with Crippen LogP contribution in [0.1, 0.15) is 25.8 Å². The van der Waals surface area contributed by atoms with E-state index in [4.69, 9.17) is 9.47 Å². The molecule has 1 aromatic carbocycles. The van der Waals surface area contributed by atoms with Gasteiger partial charge in [-0.15, -0.1) is 0 Å². The van der Waals surface area contributed by atoms with E-state index in [9.17, 15) is 4.39 Å². The van der Waals surface area contributed by atoms with Gasteiger partial charge in [-0.3, -0.25) is 0 Å². The molecule has 0 aliphatic carbocycles. The summed E-state index contributed by atoms with van der Waals surface area (Å²) in [5, 5.41) is 3.37. The molecule has 112 valence electrons. The van der Waals surface area contributed by atoms with Crippen LogP contribution in [-0.2, 0) is 11.2 Å². The maximum atomic E-state index is 13.1. The van der Waals surface area contributed by atoms with Crippen LogP contribution < -0.4 is 10.1 Å². The summed E-state index contributed by atoms with van der Waals surface area (Å²) >= 11 is 0. The first-order valence-electron chi connectivity index (χ1n) is 7.38. The second-order valence-corrected chi connectivity index (χ2v) is 5.72. The number of hydrogen-bond acceptors (Lipinski definition) is 3. The van der Waals surface area contributed by atoms with Gasteiger partial charge >= 0.3 is 0 Å². The Morgan fingerprint density at radius 1 is 1.45 bits per heavy atom. The minimum Gasteiger partial charge on any atom is -0.488 e. The minimum absolute atomic E-state index is 0.114. The van der Waals surface area contributed by atoms with Gasteiger partial charge in [0, 0.05) is 31.7 Å². The average Bonchev–Trinajstić information content (AvgIpc) is 2.79. The first-order chi connectivity index (χ1) is 9.65. The number of halogens is 1. The Balaban J connectivity index is 1.56. The lowest BCUT2D eigenvalue weighted by Gasteiger charge is -2.12. The van der Waals surface area contributed by atoms with E-state index in [1.54, 1.807) is 12.1 Å². The first-order valence-corrected chi connectivity index (χ1v) is 7.38. The summed E-state index contributed by atoms with van der Waals surface area (Å²) in [6, 6.07) is 4.72. The summed E-state index contributed by atoms with van der Waals surface area (Å²) in [5.74, 6) is 1.22. The Morgan fingerprint density at radius 2 is 2.30 bits per heavy atom. The number of rotatable bonds is 8. The average molecular weight is 281 g/mol. The standard InChI is InChI=1S/C16H24FNO2/c1-12(2)11-19-7-3-6-18-10-15-9-13-8-14(17)4-5-16(13)20-15/h4-5,8,12,15,18H,3,6-7,9-11H2,1-2H3. The van der Waals surface area contributed by atoms with Crippen molar-refractivity contribution in [2.75, 3.05) is 26.3 Å². The molecule has 1 aliphatic heterocycles. The van der Waals surface area contributed by atoms with Crippen molar-refractivity contribution in [1.29, 1.82) is 0 Å². The van der Waals surface area contributed by atoms with Gasteiger partial charge in [-0.1, -0.05) is 13.8 Å². The number of benzene rings is 1. The lowest BCUT2D eigenvalue weighted by Crippen LogP contribution is -2.31. The molecule has 0 aromatic heterocycles. The molecule has 1 heterocycles. The molecule has 2 rings (SSSR count). The highest BCUT2D eigenvalue weighted by molar-refractivity contribution is 5.37. The zero-order valence-electron chi connectivity index (χ0n) is 12.3. The highest BCUT2D eigenvalue weighted by atomic mass is 19.1. The number of nitrogens with one attached hydrogen (secondary N) is 1. The molecule has 0 radical (unpaired) electrons. The first kappa shape index (κ1) is 15.3. The van der Waals surface area contributed by atoms with Crippen LogP contribution in [0.4, 0.5) is 4.39 Å². The molecule has 0 fully saturated rings. The van der Waals surface area contributed by atoms with E-state index >= 15 is 0 Å². The Morgan fingerprint density at radius 3 is 3.10 bits per heavy atom. The van der Waals surface area contributed by atoms with Gasteiger partial charge in [-0.25, -0.2) is 4.39 Å². The fourth-order valence-electron chi connectivity index (χ4n) is 2.28. The van der Waals surface area contributed by atoms with Crippen LogP contribution in [0.5, 0.6) is 5.75 Å². The third kappa shape index (κ3) is 4.76. The summed E-state index contributed by atoms with van der Waals surface area (Å²) in [6.07, 6.45) is 1.90. The summed E-state index contributed by atoms with van der Waals surface area (Å²) in [4.78, 5) is 0. The second kappa shape index (κ2) is 7.60. The smallest absolute Gasteiger partial charge is 0.123 e. The van der Waals surface area contributed by atoms with Gasteiger partial charge in [0.1, 0.15) is 17.7 Å². The molecule has 1 aliphatic rings. The zero-order valence-corrected chi connectivity index (χ0v) is 12.3. The van der Waals surface area contributed by atoms with Crippen molar-refractivity contribution in [2.45, 2.75) is 32.8 Å². The fourth-order valence-corrected chi connectivity index (χ4v) is 2.28. The molecular weight excluding hydrogens is 257 g/mol. The van der Waals surface area contributed by atoms with Crippen LogP contribution in [0.2, 0.25) is 0 Å². The molecule has 1 N–H and O–H groups in total. The van der Waals surface area contributed by atoms with Gasteiger partial charge in [-0.05, 0) is 37.1 Å². The van der Waals surface area contributed by atoms with Crippen LogP contribution >= 0.6 is 0 Å². The predicted octanol–water partition coefficient (Wildman–Crippen LogP) is 2.78. The normalized spacial score (nSPS) is 17.3. The van der Waals surface area contributed by atoms with Crippen LogP contribution in [0.15, 0.2) is 18.2 Å². The van der Waals surface area contributed by atoms with Crippen LogP contribution in [-0.4, -0.2) is 32.4 Å². The molecule has 0 saturated heterocycles. The van der Waals surface area contributed by atoms with E-state index in [1.807, 2.05) is 0 Å². The monoisotopic (exact) mass is 281 g/mol. The van der Waals surface area contributed by atoms with Crippen molar-refractivity contribution in [3.8, 4) is 5.75 Å². The molecule has 4 heteroatoms. The molecule has 20 heavy (non-hydrogen) atoms. The predicted molar refractivity (Wildman–Crippen MR) is 77.7 cm³/mol. The largest absolute Gasteiger partial charge is 0.488 e. The van der Waals surface area contributed by atoms with Gasteiger partial charge in [0.2, 0.25) is 0 Å². The molecule has 0 bridgehead atoms. The van der Waals surface area contributed by atoms with Gasteiger partial charge in [0.25, 0.3) is 0 Å². The molecule has 0 amide bonds. The van der Waals surface area contributed by atoms with Gasteiger partial charge in [0.05, 0.1) is 0 Å². The van der Waals surface area contributed by atoms with E-state index < -0.39 is 0 Å². The maximum absolute atomic E-state index is 13.1. The minimum atomic E-state index is -0.191. The molecule has 0 saturated carbocycles. The summed E-state index contributed by atoms with van der Waals surface area (Å²) in [5.41, 5.74) is 0.970. The summed E-state index contributed by atoms with van der Waals surface area (Å²) < 4.78 is 24.4. The van der Waals surface area contributed by atoms with Crippen LogP contribution in [0.3, 0.4) is 0 Å². The van der Waals surface area contributed by atoms with Gasteiger partial charge < -0.3 is 14.8 Å². The zero-order chi connectivity index (χ0) is 14.4. The van der Waals surface area contributed by atoms with E-state index in [2.05, 4.69) is 19.2 Å². The molecular formula is C16H24FNO2. The highest BCUT2D eigenvalue weighted by Gasteiger charge is 2.22. The number of hydrogen-bond donors (Lipinski definition) is 1. The van der Waals surface area contributed by atoms with E-state index in [0.29, 0.717) is 5.92 Å². The van der Waals surface area contributed by atoms with Crippen molar-refractivity contribution in [2.24, 2.45) is 5.92 Å². The van der Waals surface area contributed by atoms with Crippen LogP contribution in [0, 0.1) is 11.7 Å². The van der Waals surface area contributed by atoms with E-state index in [0.717, 1.165) is 50.5 Å². The molecule has 1 unspecified atom stereocenters. The number of ether oxygens (including phenoxy) is 2. The van der Waals surface area contributed by atoms with Crippen LogP contribution in [0.25, 0.3) is 0 Å². The fraction of sp³-hybridized carbons (Fsp3) is 0.625. The third-order valence-electron chi connectivity index (χ3n) is 3.23. The van der Waals surface area contributed by atoms with E-state index in [-0.39, 0.29) is 11.9 Å². The van der Waals surface area contributed by atoms with Gasteiger partial charge in [0.15, 0.2) is 0 Å².